The van der Waals surface area contributed by atoms with Crippen LogP contribution in [0.5, 0.6) is 0 Å². The molecule has 1 aromatic rings. The molecule has 1 unspecified atom stereocenters. The first-order chi connectivity index (χ1) is 9.24. The molecule has 0 saturated heterocycles. The molecule has 0 aliphatic carbocycles. The van der Waals surface area contributed by atoms with Crippen LogP contribution < -0.4 is 5.73 Å². The highest BCUT2D eigenvalue weighted by Gasteiger charge is 2.14. The van der Waals surface area contributed by atoms with Crippen LogP contribution in [0.3, 0.4) is 0 Å². The van der Waals surface area contributed by atoms with Crippen molar-refractivity contribution >= 4 is 17.6 Å². The Kier molecular flexibility index (Phi) is 4.56. The molecule has 2 rings (SSSR count). The summed E-state index contributed by atoms with van der Waals surface area (Å²) in [5.74, 6) is 0.388. The maximum Gasteiger partial charge on any atom is 0.0663 e. The van der Waals surface area contributed by atoms with E-state index in [9.17, 15) is 0 Å². The molecule has 2 nitrogen and oxygen atoms in total. The molecule has 2 heteroatoms. The van der Waals surface area contributed by atoms with E-state index in [0.717, 1.165) is 30.6 Å². The number of anilines is 1. The summed E-state index contributed by atoms with van der Waals surface area (Å²) < 4.78 is 0. The van der Waals surface area contributed by atoms with Crippen LogP contribution in [-0.2, 0) is 0 Å². The fourth-order valence-electron chi connectivity index (χ4n) is 2.54. The summed E-state index contributed by atoms with van der Waals surface area (Å²) in [5.41, 5.74) is 10.5. The summed E-state index contributed by atoms with van der Waals surface area (Å²) in [4.78, 5) is 4.53. The molecule has 19 heavy (non-hydrogen) atoms. The Balaban J connectivity index is 2.55. The van der Waals surface area contributed by atoms with E-state index in [0.29, 0.717) is 5.92 Å². The van der Waals surface area contributed by atoms with Crippen molar-refractivity contribution in [1.29, 1.82) is 0 Å². The van der Waals surface area contributed by atoms with Crippen LogP contribution in [0, 0.1) is 6.92 Å². The molecule has 2 bridgehead atoms. The Bertz CT molecular complexity index is 524. The van der Waals surface area contributed by atoms with Gasteiger partial charge in [0, 0.05) is 17.8 Å². The smallest absolute Gasteiger partial charge is 0.0663 e. The molecule has 1 aliphatic rings. The summed E-state index contributed by atoms with van der Waals surface area (Å²) in [6.45, 7) is 4.32. The van der Waals surface area contributed by atoms with Crippen LogP contribution >= 0.6 is 0 Å². The Morgan fingerprint density at radius 3 is 2.84 bits per heavy atom. The maximum atomic E-state index is 6.18. The van der Waals surface area contributed by atoms with Crippen LogP contribution in [-0.4, -0.2) is 6.21 Å². The van der Waals surface area contributed by atoms with Crippen molar-refractivity contribution < 1.29 is 0 Å². The monoisotopic (exact) mass is 254 g/mol. The number of fused-ring (bicyclic) bond motifs is 2. The molecule has 0 saturated carbocycles. The van der Waals surface area contributed by atoms with Gasteiger partial charge in [0.15, 0.2) is 0 Å². The highest BCUT2D eigenvalue weighted by Crippen LogP contribution is 2.35. The predicted molar refractivity (Wildman–Crippen MR) is 84.3 cm³/mol. The van der Waals surface area contributed by atoms with Gasteiger partial charge in [-0.2, -0.15) is 0 Å². The summed E-state index contributed by atoms with van der Waals surface area (Å²) in [6.07, 6.45) is 13.8. The second kappa shape index (κ2) is 6.37. The lowest BCUT2D eigenvalue weighted by atomic mass is 9.89. The van der Waals surface area contributed by atoms with Crippen molar-refractivity contribution in [1.82, 2.24) is 0 Å². The normalized spacial score (nSPS) is 24.0. The Morgan fingerprint density at radius 2 is 2.05 bits per heavy atom. The molecule has 0 aromatic heterocycles. The molecule has 100 valence electrons. The predicted octanol–water partition coefficient (Wildman–Crippen LogP) is 4.68. The van der Waals surface area contributed by atoms with Crippen LogP contribution in [0.25, 0.3) is 0 Å². The van der Waals surface area contributed by atoms with Gasteiger partial charge in [-0.3, -0.25) is 4.99 Å². The minimum atomic E-state index is 0.388. The zero-order chi connectivity index (χ0) is 13.7. The summed E-state index contributed by atoms with van der Waals surface area (Å²) in [6, 6.07) is 3.97. The van der Waals surface area contributed by atoms with Gasteiger partial charge >= 0.3 is 0 Å². The number of nitrogens with two attached hydrogens (primary N) is 1. The number of hydrogen-bond acceptors (Lipinski definition) is 2. The second-order valence-electron chi connectivity index (χ2n) is 4.94. The average molecular weight is 254 g/mol. The standard InChI is InChI=1S/C17H22N2/c1-3-14-9-7-5-4-6-8-12-19-16-11-10-15(18)17(14)13(16)2/h6-12,14H,3-5,18H2,1-2H3/b8-6-,9-7-,19-12-. The van der Waals surface area contributed by atoms with E-state index >= 15 is 0 Å². The second-order valence-corrected chi connectivity index (χ2v) is 4.94. The molecule has 0 spiro atoms. The van der Waals surface area contributed by atoms with Crippen molar-refractivity contribution in [3.05, 3.63) is 47.6 Å². The van der Waals surface area contributed by atoms with Gasteiger partial charge in [0.25, 0.3) is 0 Å². The topological polar surface area (TPSA) is 38.4 Å². The van der Waals surface area contributed by atoms with E-state index in [1.807, 2.05) is 24.4 Å². The van der Waals surface area contributed by atoms with Gasteiger partial charge < -0.3 is 5.73 Å². The molecule has 1 atom stereocenters. The highest BCUT2D eigenvalue weighted by molar-refractivity contribution is 5.76. The zero-order valence-electron chi connectivity index (χ0n) is 11.8. The number of benzene rings is 1. The Labute approximate surface area is 115 Å². The first-order valence-electron chi connectivity index (χ1n) is 6.99. The number of nitrogens with zero attached hydrogens (tertiary/aromatic N) is 1. The third-order valence-electron chi connectivity index (χ3n) is 3.63. The number of nitrogen functional groups attached to an aromatic ring is 1. The van der Waals surface area contributed by atoms with Crippen molar-refractivity contribution in [3.63, 3.8) is 0 Å². The molecule has 0 fully saturated rings. The zero-order valence-corrected chi connectivity index (χ0v) is 11.8. The summed E-state index contributed by atoms with van der Waals surface area (Å²) in [7, 11) is 0. The van der Waals surface area contributed by atoms with Gasteiger partial charge in [0.2, 0.25) is 0 Å². The largest absolute Gasteiger partial charge is 0.398 e. The lowest BCUT2D eigenvalue weighted by Gasteiger charge is -2.18. The van der Waals surface area contributed by atoms with Crippen LogP contribution in [0.2, 0.25) is 0 Å². The average Bonchev–Trinajstić information content (AvgIpc) is 2.40. The van der Waals surface area contributed by atoms with E-state index in [-0.39, 0.29) is 0 Å². The van der Waals surface area contributed by atoms with Crippen LogP contribution in [0.1, 0.15) is 43.2 Å². The van der Waals surface area contributed by atoms with Gasteiger partial charge in [-0.05, 0) is 55.5 Å². The Hall–Kier alpha value is -1.83. The van der Waals surface area contributed by atoms with E-state index < -0.39 is 0 Å². The van der Waals surface area contributed by atoms with E-state index in [1.54, 1.807) is 0 Å². The van der Waals surface area contributed by atoms with Gasteiger partial charge in [0.1, 0.15) is 0 Å². The SMILES string of the molecule is CCC1/C=C\CC/C=C\C=N/c2ccc(N)c1c2C. The van der Waals surface area contributed by atoms with Crippen LogP contribution in [0.4, 0.5) is 11.4 Å². The number of allylic oxidation sites excluding steroid dienone is 4. The van der Waals surface area contributed by atoms with Crippen LogP contribution in [0.15, 0.2) is 41.4 Å². The molecular formula is C17H22N2. The maximum absolute atomic E-state index is 6.18. The van der Waals surface area contributed by atoms with E-state index in [1.165, 1.54) is 11.1 Å². The Morgan fingerprint density at radius 1 is 1.26 bits per heavy atom. The van der Waals surface area contributed by atoms with Crippen molar-refractivity contribution in [3.8, 4) is 0 Å². The quantitative estimate of drug-likeness (QED) is 0.573. The fraction of sp³-hybridized carbons (Fsp3) is 0.353. The fourth-order valence-corrected chi connectivity index (χ4v) is 2.54. The molecule has 0 radical (unpaired) electrons. The number of rotatable bonds is 1. The summed E-state index contributed by atoms with van der Waals surface area (Å²) >= 11 is 0. The first-order valence-corrected chi connectivity index (χ1v) is 6.99. The number of hydrogen-bond donors (Lipinski definition) is 1. The lowest BCUT2D eigenvalue weighted by Crippen LogP contribution is -2.03. The minimum Gasteiger partial charge on any atom is -0.398 e. The van der Waals surface area contributed by atoms with Crippen molar-refractivity contribution in [2.45, 2.75) is 39.0 Å². The van der Waals surface area contributed by atoms with Gasteiger partial charge in [0.05, 0.1) is 5.69 Å². The third-order valence-corrected chi connectivity index (χ3v) is 3.63. The van der Waals surface area contributed by atoms with E-state index in [2.05, 4.69) is 37.1 Å². The van der Waals surface area contributed by atoms with Crippen molar-refractivity contribution in [2.24, 2.45) is 4.99 Å². The lowest BCUT2D eigenvalue weighted by molar-refractivity contribution is 0.796. The summed E-state index contributed by atoms with van der Waals surface area (Å²) in [5, 5.41) is 0. The number of aliphatic imine (C=N–C) groups is 1. The van der Waals surface area contributed by atoms with E-state index in [4.69, 9.17) is 5.73 Å². The minimum absolute atomic E-state index is 0.388. The molecule has 0 amide bonds. The molecule has 1 aliphatic heterocycles. The molecule has 1 aromatic carbocycles. The van der Waals surface area contributed by atoms with Gasteiger partial charge in [-0.25, -0.2) is 0 Å². The molecule has 1 heterocycles. The highest BCUT2D eigenvalue weighted by atomic mass is 14.7. The van der Waals surface area contributed by atoms with Gasteiger partial charge in [-0.15, -0.1) is 0 Å². The van der Waals surface area contributed by atoms with Crippen molar-refractivity contribution in [2.75, 3.05) is 5.73 Å². The first kappa shape index (κ1) is 13.6. The third kappa shape index (κ3) is 3.14. The van der Waals surface area contributed by atoms with Gasteiger partial charge in [-0.1, -0.05) is 25.2 Å². The molecule has 2 N–H and O–H groups in total. The molecular weight excluding hydrogens is 232 g/mol.